The van der Waals surface area contributed by atoms with Crippen LogP contribution in [0.3, 0.4) is 0 Å². The second-order valence-corrected chi connectivity index (χ2v) is 5.70. The summed E-state index contributed by atoms with van der Waals surface area (Å²) < 4.78 is 11.7. The monoisotopic (exact) mass is 305 g/mol. The lowest BCUT2D eigenvalue weighted by Gasteiger charge is -2.36. The molecule has 5 nitrogen and oxygen atoms in total. The van der Waals surface area contributed by atoms with Gasteiger partial charge in [-0.3, -0.25) is 9.59 Å². The van der Waals surface area contributed by atoms with Gasteiger partial charge in [0.1, 0.15) is 6.29 Å². The number of ether oxygens (including phenoxy) is 2. The van der Waals surface area contributed by atoms with Gasteiger partial charge in [0.05, 0.1) is 12.3 Å². The first-order valence-corrected chi connectivity index (χ1v) is 7.77. The van der Waals surface area contributed by atoms with Crippen molar-refractivity contribution in [3.63, 3.8) is 0 Å². The van der Waals surface area contributed by atoms with Crippen LogP contribution < -0.4 is 14.4 Å². The Labute approximate surface area is 131 Å². The summed E-state index contributed by atoms with van der Waals surface area (Å²) in [4.78, 5) is 25.4. The van der Waals surface area contributed by atoms with Gasteiger partial charge in [-0.25, -0.2) is 0 Å². The highest BCUT2D eigenvalue weighted by Crippen LogP contribution is 2.43. The zero-order valence-corrected chi connectivity index (χ0v) is 13.6. The summed E-state index contributed by atoms with van der Waals surface area (Å²) >= 11 is 0. The van der Waals surface area contributed by atoms with Crippen LogP contribution >= 0.6 is 0 Å². The molecular formula is C17H23NO4. The van der Waals surface area contributed by atoms with Gasteiger partial charge in [0, 0.05) is 12.1 Å². The van der Waals surface area contributed by atoms with Gasteiger partial charge in [-0.15, -0.1) is 0 Å². The molecule has 0 bridgehead atoms. The predicted octanol–water partition coefficient (Wildman–Crippen LogP) is 3.06. The number of hydrogen-bond donors (Lipinski definition) is 0. The Kier molecular flexibility index (Phi) is 5.06. The fourth-order valence-corrected chi connectivity index (χ4v) is 2.51. The number of amides is 1. The van der Waals surface area contributed by atoms with Crippen LogP contribution in [0.5, 0.6) is 11.5 Å². The lowest BCUT2D eigenvalue weighted by atomic mass is 10.0. The zero-order chi connectivity index (χ0) is 16.3. The first-order valence-electron chi connectivity index (χ1n) is 7.77. The van der Waals surface area contributed by atoms with E-state index in [1.165, 1.54) is 0 Å². The highest BCUT2D eigenvalue weighted by Gasteiger charge is 2.37. The molecule has 0 radical (unpaired) electrons. The molecule has 0 spiro atoms. The Balaban J connectivity index is 2.55. The molecule has 1 unspecified atom stereocenters. The van der Waals surface area contributed by atoms with Crippen molar-refractivity contribution < 1.29 is 19.1 Å². The summed E-state index contributed by atoms with van der Waals surface area (Å²) in [5.41, 5.74) is 1.09. The molecule has 1 aromatic carbocycles. The summed E-state index contributed by atoms with van der Waals surface area (Å²) in [6, 6.07) is 3.35. The van der Waals surface area contributed by atoms with Crippen molar-refractivity contribution in [1.29, 1.82) is 0 Å². The van der Waals surface area contributed by atoms with Gasteiger partial charge in [-0.1, -0.05) is 20.8 Å². The van der Waals surface area contributed by atoms with Crippen LogP contribution in [0.15, 0.2) is 12.1 Å². The van der Waals surface area contributed by atoms with Crippen molar-refractivity contribution in [3.05, 3.63) is 17.7 Å². The van der Waals surface area contributed by atoms with Crippen LogP contribution in [-0.2, 0) is 4.79 Å². The summed E-state index contributed by atoms with van der Waals surface area (Å²) in [7, 11) is 0. The summed E-state index contributed by atoms with van der Waals surface area (Å²) in [5, 5.41) is 0. The van der Waals surface area contributed by atoms with Gasteiger partial charge < -0.3 is 14.4 Å². The molecule has 5 heteroatoms. The van der Waals surface area contributed by atoms with Gasteiger partial charge in [0.25, 0.3) is 5.91 Å². The third-order valence-corrected chi connectivity index (χ3v) is 3.62. The van der Waals surface area contributed by atoms with E-state index >= 15 is 0 Å². The summed E-state index contributed by atoms with van der Waals surface area (Å²) in [6.45, 7) is 8.88. The van der Waals surface area contributed by atoms with E-state index < -0.39 is 6.10 Å². The number of benzene rings is 1. The third-order valence-electron chi connectivity index (χ3n) is 3.62. The topological polar surface area (TPSA) is 55.8 Å². The van der Waals surface area contributed by atoms with Gasteiger partial charge >= 0.3 is 0 Å². The second kappa shape index (κ2) is 6.81. The third kappa shape index (κ3) is 2.93. The maximum absolute atomic E-state index is 12.6. The van der Waals surface area contributed by atoms with Crippen molar-refractivity contribution in [2.45, 2.75) is 40.2 Å². The number of likely N-dealkylation sites (N-methyl/N-ethyl adjacent to an activating group) is 1. The van der Waals surface area contributed by atoms with Crippen molar-refractivity contribution in [3.8, 4) is 11.5 Å². The van der Waals surface area contributed by atoms with Gasteiger partial charge in [0.15, 0.2) is 17.6 Å². The molecule has 120 valence electrons. The molecular weight excluding hydrogens is 282 g/mol. The maximum atomic E-state index is 12.6. The Bertz CT molecular complexity index is 568. The molecule has 0 fully saturated rings. The Hall–Kier alpha value is -2.04. The molecule has 0 aromatic heterocycles. The van der Waals surface area contributed by atoms with Crippen LogP contribution in [0.2, 0.25) is 0 Å². The molecule has 1 heterocycles. The molecule has 0 saturated carbocycles. The largest absolute Gasteiger partial charge is 0.490 e. The van der Waals surface area contributed by atoms with Crippen LogP contribution in [-0.4, -0.2) is 31.4 Å². The molecule has 0 saturated heterocycles. The number of aldehydes is 1. The van der Waals surface area contributed by atoms with Gasteiger partial charge in [-0.2, -0.15) is 0 Å². The first-order chi connectivity index (χ1) is 10.5. The molecule has 1 aliphatic heterocycles. The Morgan fingerprint density at radius 3 is 2.64 bits per heavy atom. The number of fused-ring (bicyclic) bond motifs is 1. The quantitative estimate of drug-likeness (QED) is 0.758. The van der Waals surface area contributed by atoms with Gasteiger partial charge in [0.2, 0.25) is 0 Å². The minimum atomic E-state index is -0.529. The number of rotatable bonds is 6. The standard InChI is InChI=1S/C17H23NO4/c1-5-7-21-14-9-12(10-19)8-13-16(14)22-15(11(3)4)17(20)18(13)6-2/h8-11,15H,5-7H2,1-4H3. The highest BCUT2D eigenvalue weighted by molar-refractivity contribution is 6.01. The Morgan fingerprint density at radius 2 is 2.09 bits per heavy atom. The molecule has 1 aliphatic rings. The molecule has 1 amide bonds. The number of nitrogens with zero attached hydrogens (tertiary/aromatic N) is 1. The maximum Gasteiger partial charge on any atom is 0.268 e. The number of anilines is 1. The van der Waals surface area contributed by atoms with E-state index in [2.05, 4.69) is 0 Å². The van der Waals surface area contributed by atoms with Crippen molar-refractivity contribution in [2.24, 2.45) is 5.92 Å². The fourth-order valence-electron chi connectivity index (χ4n) is 2.51. The smallest absolute Gasteiger partial charge is 0.268 e. The van der Waals surface area contributed by atoms with Crippen LogP contribution in [0.25, 0.3) is 0 Å². The average Bonchev–Trinajstić information content (AvgIpc) is 2.51. The van der Waals surface area contributed by atoms with E-state index in [0.717, 1.165) is 12.7 Å². The lowest BCUT2D eigenvalue weighted by molar-refractivity contribution is -0.128. The summed E-state index contributed by atoms with van der Waals surface area (Å²) in [6.07, 6.45) is 1.08. The normalized spacial score (nSPS) is 17.2. The van der Waals surface area contributed by atoms with E-state index in [1.807, 2.05) is 27.7 Å². The predicted molar refractivity (Wildman–Crippen MR) is 84.9 cm³/mol. The average molecular weight is 305 g/mol. The lowest BCUT2D eigenvalue weighted by Crippen LogP contribution is -2.48. The molecule has 0 aliphatic carbocycles. The minimum Gasteiger partial charge on any atom is -0.490 e. The molecule has 2 rings (SSSR count). The first kappa shape index (κ1) is 16.3. The molecule has 22 heavy (non-hydrogen) atoms. The SMILES string of the molecule is CCCOc1cc(C=O)cc2c1OC(C(C)C)C(=O)N2CC. The van der Waals surface area contributed by atoms with Crippen molar-refractivity contribution in [1.82, 2.24) is 0 Å². The zero-order valence-electron chi connectivity index (χ0n) is 13.6. The van der Waals surface area contributed by atoms with E-state index in [-0.39, 0.29) is 11.8 Å². The molecule has 0 N–H and O–H groups in total. The van der Waals surface area contributed by atoms with Gasteiger partial charge in [-0.05, 0) is 31.4 Å². The molecule has 1 atom stereocenters. The van der Waals surface area contributed by atoms with Crippen molar-refractivity contribution >= 4 is 17.9 Å². The summed E-state index contributed by atoms with van der Waals surface area (Å²) in [5.74, 6) is 1.06. The second-order valence-electron chi connectivity index (χ2n) is 5.70. The van der Waals surface area contributed by atoms with Crippen LogP contribution in [0.4, 0.5) is 5.69 Å². The fraction of sp³-hybridized carbons (Fsp3) is 0.529. The highest BCUT2D eigenvalue weighted by atomic mass is 16.5. The van der Waals surface area contributed by atoms with Crippen LogP contribution in [0.1, 0.15) is 44.5 Å². The van der Waals surface area contributed by atoms with E-state index in [4.69, 9.17) is 9.47 Å². The van der Waals surface area contributed by atoms with E-state index in [1.54, 1.807) is 17.0 Å². The minimum absolute atomic E-state index is 0.0551. The van der Waals surface area contributed by atoms with Crippen molar-refractivity contribution in [2.75, 3.05) is 18.1 Å². The number of carbonyl (C=O) groups is 2. The van der Waals surface area contributed by atoms with E-state index in [9.17, 15) is 9.59 Å². The van der Waals surface area contributed by atoms with E-state index in [0.29, 0.717) is 35.9 Å². The van der Waals surface area contributed by atoms with Crippen LogP contribution in [0, 0.1) is 5.92 Å². The molecule has 1 aromatic rings. The number of hydrogen-bond acceptors (Lipinski definition) is 4. The Morgan fingerprint density at radius 1 is 1.36 bits per heavy atom. The number of carbonyl (C=O) groups excluding carboxylic acids is 2.